The number of hydrogen-bond acceptors (Lipinski definition) is 5. The number of hydrogen-bond donors (Lipinski definition) is 1. The second-order valence-electron chi connectivity index (χ2n) is 6.20. The zero-order chi connectivity index (χ0) is 21.6. The Morgan fingerprint density at radius 2 is 1.80 bits per heavy atom. The van der Waals surface area contributed by atoms with E-state index in [4.69, 9.17) is 9.47 Å². The first-order chi connectivity index (χ1) is 14.5. The maximum Gasteiger partial charge on any atom is 0.264 e. The zero-order valence-corrected chi connectivity index (χ0v) is 17.3. The number of H-pyrrole nitrogens is 1. The number of sulfonamides is 1. The molecular weight excluding hydrogens is 406 g/mol. The molecule has 0 saturated carbocycles. The van der Waals surface area contributed by atoms with Crippen LogP contribution < -0.4 is 24.1 Å². The molecular formula is C21H22N3O5S+. The highest BCUT2D eigenvalue weighted by molar-refractivity contribution is 7.92. The van der Waals surface area contributed by atoms with Gasteiger partial charge in [-0.1, -0.05) is 18.2 Å². The molecule has 1 heterocycles. The number of aromatic amines is 1. The highest BCUT2D eigenvalue weighted by Crippen LogP contribution is 2.35. The van der Waals surface area contributed by atoms with E-state index in [1.807, 2.05) is 0 Å². The minimum atomic E-state index is -4.07. The van der Waals surface area contributed by atoms with Gasteiger partial charge in [-0.2, -0.15) is 0 Å². The van der Waals surface area contributed by atoms with Gasteiger partial charge in [0.2, 0.25) is 5.91 Å². The summed E-state index contributed by atoms with van der Waals surface area (Å²) in [5, 5.41) is 2.68. The first-order valence-electron chi connectivity index (χ1n) is 9.01. The van der Waals surface area contributed by atoms with E-state index in [1.165, 1.54) is 32.4 Å². The van der Waals surface area contributed by atoms with Gasteiger partial charge in [-0.05, 0) is 30.3 Å². The summed E-state index contributed by atoms with van der Waals surface area (Å²) in [4.78, 5) is 15.6. The normalized spacial score (nSPS) is 10.9. The van der Waals surface area contributed by atoms with Crippen molar-refractivity contribution in [3.05, 3.63) is 73.1 Å². The molecule has 9 heteroatoms. The van der Waals surface area contributed by atoms with Crippen LogP contribution in [-0.2, 0) is 14.8 Å². The lowest BCUT2D eigenvalue weighted by Gasteiger charge is -2.26. The number of nitrogens with one attached hydrogen (secondary N) is 2. The maximum atomic E-state index is 13.4. The number of amides is 1. The Kier molecular flexibility index (Phi) is 6.53. The first-order valence-corrected chi connectivity index (χ1v) is 10.5. The van der Waals surface area contributed by atoms with Crippen molar-refractivity contribution in [1.29, 1.82) is 0 Å². The van der Waals surface area contributed by atoms with Crippen LogP contribution >= 0.6 is 0 Å². The predicted molar refractivity (Wildman–Crippen MR) is 112 cm³/mol. The fourth-order valence-electron chi connectivity index (χ4n) is 2.81. The van der Waals surface area contributed by atoms with Gasteiger partial charge in [-0.15, -0.1) is 0 Å². The Morgan fingerprint density at radius 3 is 2.43 bits per heavy atom. The van der Waals surface area contributed by atoms with E-state index >= 15 is 0 Å². The summed E-state index contributed by atoms with van der Waals surface area (Å²) < 4.78 is 38.5. The average Bonchev–Trinajstić information content (AvgIpc) is 2.78. The van der Waals surface area contributed by atoms with E-state index in [0.717, 1.165) is 4.31 Å². The van der Waals surface area contributed by atoms with Crippen LogP contribution in [0.3, 0.4) is 0 Å². The van der Waals surface area contributed by atoms with Crippen LogP contribution in [0.1, 0.15) is 0 Å². The monoisotopic (exact) mass is 428 g/mol. The minimum absolute atomic E-state index is 0.0516. The maximum absolute atomic E-state index is 13.4. The molecule has 8 nitrogen and oxygen atoms in total. The second kappa shape index (κ2) is 9.27. The molecule has 2 N–H and O–H groups in total. The Bertz CT molecular complexity index is 1110. The summed E-state index contributed by atoms with van der Waals surface area (Å²) in [5.74, 6) is 0.201. The molecule has 0 fully saturated rings. The predicted octanol–water partition coefficient (Wildman–Crippen LogP) is 2.35. The molecule has 3 rings (SSSR count). The lowest BCUT2D eigenvalue weighted by atomic mass is 10.2. The van der Waals surface area contributed by atoms with Crippen molar-refractivity contribution in [2.75, 3.05) is 30.4 Å². The highest BCUT2D eigenvalue weighted by Gasteiger charge is 2.30. The number of anilines is 2. The van der Waals surface area contributed by atoms with E-state index in [9.17, 15) is 13.2 Å². The van der Waals surface area contributed by atoms with Gasteiger partial charge in [0.25, 0.3) is 10.0 Å². The van der Waals surface area contributed by atoms with Crippen LogP contribution in [0.2, 0.25) is 0 Å². The van der Waals surface area contributed by atoms with Crippen molar-refractivity contribution in [3.63, 3.8) is 0 Å². The second-order valence-corrected chi connectivity index (χ2v) is 8.07. The highest BCUT2D eigenvalue weighted by atomic mass is 32.2. The zero-order valence-electron chi connectivity index (χ0n) is 16.5. The summed E-state index contributed by atoms with van der Waals surface area (Å²) >= 11 is 0. The van der Waals surface area contributed by atoms with Crippen molar-refractivity contribution in [3.8, 4) is 11.5 Å². The fraction of sp³-hybridized carbons (Fsp3) is 0.143. The van der Waals surface area contributed by atoms with Gasteiger partial charge in [0, 0.05) is 12.1 Å². The van der Waals surface area contributed by atoms with Gasteiger partial charge in [-0.3, -0.25) is 9.10 Å². The third-order valence-corrected chi connectivity index (χ3v) is 6.04. The lowest BCUT2D eigenvalue weighted by molar-refractivity contribution is -0.377. The standard InChI is InChI=1S/C21H21N3O5S/c1-28-17-10-11-20(29-2)19(13-17)24(30(26,27)18-8-4-3-5-9-18)15-21(25)23-16-7-6-12-22-14-16/h3-14H,15H2,1-2H3,(H,23,25)/p+1. The largest absolute Gasteiger partial charge is 0.497 e. The van der Waals surface area contributed by atoms with Crippen LogP contribution in [-0.4, -0.2) is 35.1 Å². The molecule has 30 heavy (non-hydrogen) atoms. The van der Waals surface area contributed by atoms with Crippen LogP contribution in [0.15, 0.2) is 78.0 Å². The smallest absolute Gasteiger partial charge is 0.264 e. The molecule has 156 valence electrons. The van der Waals surface area contributed by atoms with Crippen LogP contribution in [0.4, 0.5) is 11.4 Å². The summed E-state index contributed by atoms with van der Waals surface area (Å²) in [5.41, 5.74) is 0.702. The van der Waals surface area contributed by atoms with E-state index in [1.54, 1.807) is 54.9 Å². The van der Waals surface area contributed by atoms with Crippen LogP contribution in [0.5, 0.6) is 11.5 Å². The number of pyridine rings is 1. The van der Waals surface area contributed by atoms with Crippen molar-refractivity contribution in [2.45, 2.75) is 4.90 Å². The lowest BCUT2D eigenvalue weighted by Crippen LogP contribution is -2.38. The number of aromatic nitrogens is 1. The molecule has 0 atom stereocenters. The van der Waals surface area contributed by atoms with Crippen molar-refractivity contribution < 1.29 is 27.7 Å². The third kappa shape index (κ3) is 4.69. The molecule has 0 spiro atoms. The van der Waals surface area contributed by atoms with Crippen molar-refractivity contribution in [1.82, 2.24) is 0 Å². The fourth-order valence-corrected chi connectivity index (χ4v) is 4.26. The topological polar surface area (TPSA) is 99.1 Å². The molecule has 2 aromatic carbocycles. The molecule has 0 aliphatic heterocycles. The van der Waals surface area contributed by atoms with Crippen molar-refractivity contribution >= 4 is 27.3 Å². The SMILES string of the molecule is COc1ccc(OC)c(N(CC(=O)Nc2ccc[nH+]c2)S(=O)(=O)c2ccccc2)c1. The molecule has 0 radical (unpaired) electrons. The van der Waals surface area contributed by atoms with Gasteiger partial charge < -0.3 is 14.8 Å². The summed E-state index contributed by atoms with van der Waals surface area (Å²) in [7, 11) is -1.17. The molecule has 1 amide bonds. The molecule has 1 aromatic heterocycles. The number of carbonyl (C=O) groups excluding carboxylic acids is 1. The van der Waals surface area contributed by atoms with Crippen LogP contribution in [0.25, 0.3) is 0 Å². The van der Waals surface area contributed by atoms with Crippen molar-refractivity contribution in [2.24, 2.45) is 0 Å². The molecule has 3 aromatic rings. The van der Waals surface area contributed by atoms with E-state index in [2.05, 4.69) is 10.3 Å². The third-order valence-electron chi connectivity index (χ3n) is 4.26. The van der Waals surface area contributed by atoms with E-state index in [-0.39, 0.29) is 16.3 Å². The van der Waals surface area contributed by atoms with Crippen LogP contribution in [0, 0.1) is 0 Å². The molecule has 0 bridgehead atoms. The van der Waals surface area contributed by atoms with Gasteiger partial charge >= 0.3 is 0 Å². The Hall–Kier alpha value is -3.59. The number of benzene rings is 2. The Balaban J connectivity index is 2.04. The van der Waals surface area contributed by atoms with Gasteiger partial charge in [0.1, 0.15) is 23.7 Å². The number of nitrogens with zero attached hydrogens (tertiary/aromatic N) is 1. The first kappa shape index (κ1) is 21.1. The molecule has 0 unspecified atom stereocenters. The van der Waals surface area contributed by atoms with E-state index < -0.39 is 22.5 Å². The number of ether oxygens (including phenoxy) is 2. The number of methoxy groups -OCH3 is 2. The number of carbonyl (C=O) groups is 1. The number of rotatable bonds is 8. The summed E-state index contributed by atoms with van der Waals surface area (Å²) in [6.07, 6.45) is 3.29. The quantitative estimate of drug-likeness (QED) is 0.594. The van der Waals surface area contributed by atoms with Gasteiger partial charge in [0.05, 0.1) is 24.8 Å². The molecule has 0 aliphatic rings. The molecule has 0 saturated heterocycles. The Labute approximate surface area is 175 Å². The van der Waals surface area contributed by atoms with E-state index in [0.29, 0.717) is 11.4 Å². The molecule has 0 aliphatic carbocycles. The van der Waals surface area contributed by atoms with Gasteiger partial charge in [-0.25, -0.2) is 13.4 Å². The Morgan fingerprint density at radius 1 is 1.03 bits per heavy atom. The van der Waals surface area contributed by atoms with Gasteiger partial charge in [0.15, 0.2) is 12.4 Å². The summed E-state index contributed by atoms with van der Waals surface area (Å²) in [6.45, 7) is -0.463. The minimum Gasteiger partial charge on any atom is -0.497 e. The summed E-state index contributed by atoms with van der Waals surface area (Å²) in [6, 6.07) is 16.1. The average molecular weight is 428 g/mol.